The number of aliphatic imine (C=N–C) groups is 1. The Hall–Kier alpha value is -0.260. The fourth-order valence-electron chi connectivity index (χ4n) is 1.82. The number of fused-ring (bicyclic) bond motifs is 1. The molecule has 2 heterocycles. The molecule has 0 saturated heterocycles. The number of nitrogens with zero attached hydrogens (tertiary/aromatic N) is 1. The van der Waals surface area contributed by atoms with Crippen molar-refractivity contribution in [2.75, 3.05) is 11.9 Å². The number of esters is 1. The summed E-state index contributed by atoms with van der Waals surface area (Å²) in [6.45, 7) is 2.16. The molecule has 0 aromatic carbocycles. The molecule has 0 N–H and O–H groups in total. The van der Waals surface area contributed by atoms with Gasteiger partial charge >= 0.3 is 5.97 Å². The largest absolute Gasteiger partial charge is 0.463 e. The molecule has 0 saturated carbocycles. The molecule has 2 rings (SSSR count). The average molecular weight is 337 g/mol. The van der Waals surface area contributed by atoms with E-state index in [-0.39, 0.29) is 17.1 Å². The topological polar surface area (TPSA) is 38.7 Å². The molecule has 0 spiro atoms. The van der Waals surface area contributed by atoms with Gasteiger partial charge in [-0.25, -0.2) is 9.79 Å². The van der Waals surface area contributed by atoms with Crippen LogP contribution in [0, 0.1) is 5.92 Å². The van der Waals surface area contributed by atoms with Crippen LogP contribution in [0.15, 0.2) is 27.7 Å². The quantitative estimate of drug-likeness (QED) is 0.587. The maximum Gasteiger partial charge on any atom is 0.336 e. The van der Waals surface area contributed by atoms with E-state index in [1.165, 1.54) is 6.20 Å². The Morgan fingerprint density at radius 3 is 3.12 bits per heavy atom. The van der Waals surface area contributed by atoms with Gasteiger partial charge in [0.2, 0.25) is 0 Å². The number of carbonyl (C=O) groups excluding carboxylic acids is 1. The Balaban J connectivity index is 2.25. The molecule has 6 heteroatoms. The van der Waals surface area contributed by atoms with Crippen molar-refractivity contribution in [1.29, 1.82) is 0 Å². The van der Waals surface area contributed by atoms with Crippen molar-refractivity contribution in [3.63, 3.8) is 0 Å². The van der Waals surface area contributed by atoms with Gasteiger partial charge in [-0.3, -0.25) is 0 Å². The van der Waals surface area contributed by atoms with Crippen LogP contribution in [0.4, 0.5) is 0 Å². The fraction of sp³-hybridized carbons (Fsp3) is 0.455. The lowest BCUT2D eigenvalue weighted by molar-refractivity contribution is -0.138. The Kier molecular flexibility index (Phi) is 4.33. The molecular formula is C11H11BrClNO2S. The number of allylic oxidation sites excluding steroid dienone is 1. The van der Waals surface area contributed by atoms with Crippen LogP contribution in [0.2, 0.25) is 0 Å². The van der Waals surface area contributed by atoms with Gasteiger partial charge in [0.15, 0.2) is 0 Å². The van der Waals surface area contributed by atoms with Gasteiger partial charge in [0.05, 0.1) is 23.3 Å². The number of rotatable bonds is 3. The Labute approximate surface area is 117 Å². The summed E-state index contributed by atoms with van der Waals surface area (Å²) < 4.78 is 5.03. The zero-order chi connectivity index (χ0) is 12.4. The summed E-state index contributed by atoms with van der Waals surface area (Å²) in [5.41, 5.74) is 1.75. The van der Waals surface area contributed by atoms with E-state index in [1.54, 1.807) is 18.7 Å². The first-order valence-corrected chi connectivity index (χ1v) is 7.64. The number of ether oxygens (including phenoxy) is 1. The SMILES string of the molecule is CCOC(=O)C1=CN=C(Cl)C2C(CBr)=CSC12. The number of halogens is 2. The molecule has 2 aliphatic heterocycles. The molecule has 0 aromatic heterocycles. The van der Waals surface area contributed by atoms with Crippen molar-refractivity contribution in [2.45, 2.75) is 12.2 Å². The Morgan fingerprint density at radius 1 is 1.71 bits per heavy atom. The first kappa shape index (κ1) is 13.2. The van der Waals surface area contributed by atoms with E-state index in [1.807, 2.05) is 5.41 Å². The summed E-state index contributed by atoms with van der Waals surface area (Å²) in [6, 6.07) is 0. The second kappa shape index (κ2) is 5.59. The standard InChI is InChI=1S/C11H11BrClNO2S/c1-2-16-11(15)7-4-14-10(13)8-6(3-12)5-17-9(7)8/h4-5,8-9H,2-3H2,1H3. The molecule has 2 aliphatic rings. The second-order valence-corrected chi connectivity index (χ2v) is 5.58. The zero-order valence-electron chi connectivity index (χ0n) is 9.15. The molecule has 2 atom stereocenters. The summed E-state index contributed by atoms with van der Waals surface area (Å²) in [7, 11) is 0. The van der Waals surface area contributed by atoms with Crippen LogP contribution in [0.1, 0.15) is 6.92 Å². The van der Waals surface area contributed by atoms with Gasteiger partial charge in [-0.15, -0.1) is 11.8 Å². The summed E-state index contributed by atoms with van der Waals surface area (Å²) in [5, 5.41) is 3.33. The van der Waals surface area contributed by atoms with E-state index >= 15 is 0 Å². The number of hydrogen-bond donors (Lipinski definition) is 0. The number of thioether (sulfide) groups is 1. The van der Waals surface area contributed by atoms with Crippen LogP contribution in [-0.4, -0.2) is 28.3 Å². The minimum atomic E-state index is -0.299. The van der Waals surface area contributed by atoms with Gasteiger partial charge in [0, 0.05) is 11.5 Å². The van der Waals surface area contributed by atoms with E-state index < -0.39 is 0 Å². The van der Waals surface area contributed by atoms with E-state index in [4.69, 9.17) is 16.3 Å². The molecule has 0 radical (unpaired) electrons. The zero-order valence-corrected chi connectivity index (χ0v) is 12.3. The van der Waals surface area contributed by atoms with Crippen molar-refractivity contribution in [1.82, 2.24) is 0 Å². The molecule has 0 aliphatic carbocycles. The number of hydrogen-bond acceptors (Lipinski definition) is 4. The molecule has 0 bridgehead atoms. The van der Waals surface area contributed by atoms with Crippen molar-refractivity contribution >= 4 is 50.4 Å². The van der Waals surface area contributed by atoms with E-state index in [0.29, 0.717) is 17.4 Å². The highest BCUT2D eigenvalue weighted by atomic mass is 79.9. The Morgan fingerprint density at radius 2 is 2.47 bits per heavy atom. The van der Waals surface area contributed by atoms with Crippen molar-refractivity contribution in [3.05, 3.63) is 22.8 Å². The summed E-state index contributed by atoms with van der Waals surface area (Å²) >= 11 is 11.1. The van der Waals surface area contributed by atoms with Crippen LogP contribution in [0.25, 0.3) is 0 Å². The third-order valence-electron chi connectivity index (χ3n) is 2.62. The summed E-state index contributed by atoms with van der Waals surface area (Å²) in [6.07, 6.45) is 1.53. The highest BCUT2D eigenvalue weighted by molar-refractivity contribution is 9.09. The maximum absolute atomic E-state index is 11.8. The smallest absolute Gasteiger partial charge is 0.336 e. The van der Waals surface area contributed by atoms with Crippen LogP contribution < -0.4 is 0 Å². The highest BCUT2D eigenvalue weighted by Gasteiger charge is 2.40. The summed E-state index contributed by atoms with van der Waals surface area (Å²) in [5.74, 6) is -0.294. The first-order chi connectivity index (χ1) is 8.19. The molecule has 17 heavy (non-hydrogen) atoms. The first-order valence-electron chi connectivity index (χ1n) is 5.19. The minimum Gasteiger partial charge on any atom is -0.463 e. The lowest BCUT2D eigenvalue weighted by Gasteiger charge is -2.24. The van der Waals surface area contributed by atoms with Gasteiger partial charge in [-0.1, -0.05) is 27.5 Å². The monoisotopic (exact) mass is 335 g/mol. The predicted molar refractivity (Wildman–Crippen MR) is 74.8 cm³/mol. The molecule has 3 nitrogen and oxygen atoms in total. The summed E-state index contributed by atoms with van der Waals surface area (Å²) in [4.78, 5) is 15.9. The molecule has 0 amide bonds. The van der Waals surface area contributed by atoms with Crippen LogP contribution in [-0.2, 0) is 9.53 Å². The average Bonchev–Trinajstić information content (AvgIpc) is 2.74. The predicted octanol–water partition coefficient (Wildman–Crippen LogP) is 3.09. The molecule has 2 unspecified atom stereocenters. The fourth-order valence-corrected chi connectivity index (χ4v) is 4.25. The molecule has 92 valence electrons. The van der Waals surface area contributed by atoms with Crippen molar-refractivity contribution < 1.29 is 9.53 Å². The lowest BCUT2D eigenvalue weighted by atomic mass is 9.93. The lowest BCUT2D eigenvalue weighted by Crippen LogP contribution is -2.30. The van der Waals surface area contributed by atoms with E-state index in [9.17, 15) is 4.79 Å². The third kappa shape index (κ3) is 2.46. The van der Waals surface area contributed by atoms with E-state index in [0.717, 1.165) is 10.9 Å². The van der Waals surface area contributed by atoms with Crippen LogP contribution in [0.5, 0.6) is 0 Å². The second-order valence-electron chi connectivity index (χ2n) is 3.62. The van der Waals surface area contributed by atoms with Crippen LogP contribution >= 0.6 is 39.3 Å². The maximum atomic E-state index is 11.8. The van der Waals surface area contributed by atoms with Crippen LogP contribution in [0.3, 0.4) is 0 Å². The Bertz CT molecular complexity index is 433. The molecule has 0 aromatic rings. The molecule has 0 fully saturated rings. The van der Waals surface area contributed by atoms with Gasteiger partial charge in [-0.2, -0.15) is 0 Å². The highest BCUT2D eigenvalue weighted by Crippen LogP contribution is 2.44. The minimum absolute atomic E-state index is 0.00504. The van der Waals surface area contributed by atoms with E-state index in [2.05, 4.69) is 20.9 Å². The molecular weight excluding hydrogens is 326 g/mol. The van der Waals surface area contributed by atoms with Crippen molar-refractivity contribution in [3.8, 4) is 0 Å². The normalized spacial score (nSPS) is 26.9. The van der Waals surface area contributed by atoms with Crippen molar-refractivity contribution in [2.24, 2.45) is 10.9 Å². The number of carbonyl (C=O) groups is 1. The third-order valence-corrected chi connectivity index (χ3v) is 4.86. The van der Waals surface area contributed by atoms with Gasteiger partial charge < -0.3 is 4.74 Å². The van der Waals surface area contributed by atoms with Gasteiger partial charge in [0.25, 0.3) is 0 Å². The van der Waals surface area contributed by atoms with Gasteiger partial charge in [-0.05, 0) is 17.9 Å². The van der Waals surface area contributed by atoms with Gasteiger partial charge in [0.1, 0.15) is 5.17 Å². The number of alkyl halides is 1.